The number of hydrogen-bond acceptors (Lipinski definition) is 4. The summed E-state index contributed by atoms with van der Waals surface area (Å²) < 4.78 is 5.29. The number of carbonyl (C=O) groups is 1. The van der Waals surface area contributed by atoms with E-state index in [1.807, 2.05) is 12.1 Å². The number of carboxylic acid groups (broad SMARTS) is 1. The van der Waals surface area contributed by atoms with Gasteiger partial charge in [0.25, 0.3) is 0 Å². The average Bonchev–Trinajstić information content (AvgIpc) is 2.40. The minimum atomic E-state index is -1.34. The molecule has 1 aromatic carbocycles. The smallest absolute Gasteiger partial charge is 0.328 e. The molecule has 5 nitrogen and oxygen atoms in total. The van der Waals surface area contributed by atoms with E-state index in [0.29, 0.717) is 5.56 Å². The molecule has 3 N–H and O–H groups in total. The third-order valence-electron chi connectivity index (χ3n) is 3.29. The van der Waals surface area contributed by atoms with E-state index in [1.54, 1.807) is 12.1 Å². The number of nitrogens with two attached hydrogens (primary N) is 1. The van der Waals surface area contributed by atoms with Crippen LogP contribution < -0.4 is 10.6 Å². The van der Waals surface area contributed by atoms with Crippen LogP contribution in [0, 0.1) is 0 Å². The summed E-state index contributed by atoms with van der Waals surface area (Å²) in [7, 11) is 0. The minimum Gasteiger partial charge on any atom is -0.480 e. The first-order valence-electron chi connectivity index (χ1n) is 5.97. The number of nitrogens with zero attached hydrogens (tertiary/aromatic N) is 1. The van der Waals surface area contributed by atoms with Crippen molar-refractivity contribution in [2.24, 2.45) is 5.73 Å². The Morgan fingerprint density at radius 3 is 2.39 bits per heavy atom. The molecule has 1 aliphatic rings. The number of carboxylic acids is 1. The molecule has 0 unspecified atom stereocenters. The van der Waals surface area contributed by atoms with Gasteiger partial charge < -0.3 is 20.5 Å². The predicted molar refractivity (Wildman–Crippen MR) is 68.6 cm³/mol. The second-order valence-electron chi connectivity index (χ2n) is 4.65. The van der Waals surface area contributed by atoms with Gasteiger partial charge in [-0.3, -0.25) is 0 Å². The van der Waals surface area contributed by atoms with Crippen molar-refractivity contribution in [1.82, 2.24) is 0 Å². The van der Waals surface area contributed by atoms with Gasteiger partial charge in [-0.15, -0.1) is 0 Å². The van der Waals surface area contributed by atoms with Gasteiger partial charge in [-0.1, -0.05) is 12.1 Å². The second-order valence-corrected chi connectivity index (χ2v) is 4.65. The van der Waals surface area contributed by atoms with Crippen molar-refractivity contribution < 1.29 is 14.6 Å². The number of ether oxygens (including phenoxy) is 1. The van der Waals surface area contributed by atoms with E-state index in [-0.39, 0.29) is 0 Å². The first kappa shape index (κ1) is 12.9. The van der Waals surface area contributed by atoms with Crippen LogP contribution in [0.5, 0.6) is 0 Å². The van der Waals surface area contributed by atoms with Crippen LogP contribution >= 0.6 is 0 Å². The molecule has 5 heteroatoms. The largest absolute Gasteiger partial charge is 0.480 e. The van der Waals surface area contributed by atoms with E-state index in [9.17, 15) is 4.79 Å². The van der Waals surface area contributed by atoms with Gasteiger partial charge in [0.05, 0.1) is 13.2 Å². The summed E-state index contributed by atoms with van der Waals surface area (Å²) in [6.45, 7) is 4.67. The lowest BCUT2D eigenvalue weighted by Crippen LogP contribution is -2.41. The van der Waals surface area contributed by atoms with Gasteiger partial charge in [-0.05, 0) is 24.6 Å². The van der Waals surface area contributed by atoms with Gasteiger partial charge in [0.15, 0.2) is 0 Å². The lowest BCUT2D eigenvalue weighted by Gasteiger charge is -2.29. The third-order valence-corrected chi connectivity index (χ3v) is 3.29. The summed E-state index contributed by atoms with van der Waals surface area (Å²) >= 11 is 0. The molecule has 0 saturated carbocycles. The van der Waals surface area contributed by atoms with Crippen molar-refractivity contribution in [2.75, 3.05) is 31.2 Å². The molecule has 18 heavy (non-hydrogen) atoms. The van der Waals surface area contributed by atoms with E-state index in [2.05, 4.69) is 4.90 Å². The molecule has 1 atom stereocenters. The van der Waals surface area contributed by atoms with Crippen LogP contribution in [0.3, 0.4) is 0 Å². The Morgan fingerprint density at radius 1 is 1.33 bits per heavy atom. The molecule has 1 fully saturated rings. The maximum absolute atomic E-state index is 11.1. The zero-order chi connectivity index (χ0) is 13.2. The highest BCUT2D eigenvalue weighted by molar-refractivity contribution is 5.80. The molecule has 0 aliphatic carbocycles. The van der Waals surface area contributed by atoms with Gasteiger partial charge in [0.2, 0.25) is 0 Å². The van der Waals surface area contributed by atoms with Gasteiger partial charge in [-0.2, -0.15) is 0 Å². The van der Waals surface area contributed by atoms with E-state index >= 15 is 0 Å². The molecule has 1 heterocycles. The Labute approximate surface area is 106 Å². The molecule has 98 valence electrons. The first-order valence-corrected chi connectivity index (χ1v) is 5.97. The number of benzene rings is 1. The molecule has 0 aromatic heterocycles. The Hall–Kier alpha value is -1.59. The van der Waals surface area contributed by atoms with Crippen LogP contribution in [0.15, 0.2) is 24.3 Å². The average molecular weight is 250 g/mol. The van der Waals surface area contributed by atoms with E-state index in [0.717, 1.165) is 32.0 Å². The summed E-state index contributed by atoms with van der Waals surface area (Å²) in [5.74, 6) is -1.03. The van der Waals surface area contributed by atoms with Crippen LogP contribution in [-0.2, 0) is 15.1 Å². The van der Waals surface area contributed by atoms with Gasteiger partial charge in [0, 0.05) is 18.8 Å². The van der Waals surface area contributed by atoms with Crippen molar-refractivity contribution >= 4 is 11.7 Å². The molecule has 2 rings (SSSR count). The van der Waals surface area contributed by atoms with Crippen LogP contribution in [-0.4, -0.2) is 37.4 Å². The molecular formula is C13H18N2O3. The number of anilines is 1. The Morgan fingerprint density at radius 2 is 1.89 bits per heavy atom. The molecule has 1 aliphatic heterocycles. The summed E-state index contributed by atoms with van der Waals surface area (Å²) in [5.41, 5.74) is 6.11. The highest BCUT2D eigenvalue weighted by atomic mass is 16.5. The fourth-order valence-corrected chi connectivity index (χ4v) is 1.96. The van der Waals surface area contributed by atoms with E-state index in [1.165, 1.54) is 6.92 Å². The van der Waals surface area contributed by atoms with Gasteiger partial charge in [-0.25, -0.2) is 4.79 Å². The number of morpholine rings is 1. The zero-order valence-electron chi connectivity index (χ0n) is 10.4. The lowest BCUT2D eigenvalue weighted by atomic mass is 9.93. The minimum absolute atomic E-state index is 0.604. The highest BCUT2D eigenvalue weighted by Crippen LogP contribution is 2.22. The van der Waals surface area contributed by atoms with E-state index in [4.69, 9.17) is 15.6 Å². The molecule has 1 aromatic rings. The van der Waals surface area contributed by atoms with Crippen LogP contribution in [0.1, 0.15) is 12.5 Å². The Kier molecular flexibility index (Phi) is 3.54. The Bertz CT molecular complexity index is 422. The summed E-state index contributed by atoms with van der Waals surface area (Å²) in [6.07, 6.45) is 0. The maximum atomic E-state index is 11.1. The van der Waals surface area contributed by atoms with Crippen molar-refractivity contribution in [3.05, 3.63) is 29.8 Å². The quantitative estimate of drug-likeness (QED) is 0.829. The SMILES string of the molecule is C[C@@](N)(C(=O)O)c1ccc(N2CCOCC2)cc1. The van der Waals surface area contributed by atoms with Crippen LogP contribution in [0.25, 0.3) is 0 Å². The van der Waals surface area contributed by atoms with Gasteiger partial charge in [0.1, 0.15) is 5.54 Å². The number of rotatable bonds is 3. The second kappa shape index (κ2) is 4.96. The lowest BCUT2D eigenvalue weighted by molar-refractivity contribution is -0.143. The Balaban J connectivity index is 2.17. The van der Waals surface area contributed by atoms with Crippen molar-refractivity contribution in [2.45, 2.75) is 12.5 Å². The molecule has 0 radical (unpaired) electrons. The zero-order valence-corrected chi connectivity index (χ0v) is 10.4. The van der Waals surface area contributed by atoms with Crippen LogP contribution in [0.4, 0.5) is 5.69 Å². The molecule has 0 amide bonds. The maximum Gasteiger partial charge on any atom is 0.328 e. The molecule has 0 bridgehead atoms. The summed E-state index contributed by atoms with van der Waals surface area (Å²) in [6, 6.07) is 7.38. The normalized spacial score (nSPS) is 19.3. The number of aliphatic carboxylic acids is 1. The third kappa shape index (κ3) is 2.47. The first-order chi connectivity index (χ1) is 8.51. The molecule has 1 saturated heterocycles. The van der Waals surface area contributed by atoms with Crippen molar-refractivity contribution in [3.63, 3.8) is 0 Å². The number of hydrogen-bond donors (Lipinski definition) is 2. The summed E-state index contributed by atoms with van der Waals surface area (Å²) in [4.78, 5) is 13.3. The molecule has 0 spiro atoms. The van der Waals surface area contributed by atoms with Crippen LogP contribution in [0.2, 0.25) is 0 Å². The monoisotopic (exact) mass is 250 g/mol. The van der Waals surface area contributed by atoms with Gasteiger partial charge >= 0.3 is 5.97 Å². The van der Waals surface area contributed by atoms with Crippen molar-refractivity contribution in [1.29, 1.82) is 0 Å². The highest BCUT2D eigenvalue weighted by Gasteiger charge is 2.30. The molecular weight excluding hydrogens is 232 g/mol. The van der Waals surface area contributed by atoms with Crippen molar-refractivity contribution in [3.8, 4) is 0 Å². The fourth-order valence-electron chi connectivity index (χ4n) is 1.96. The predicted octanol–water partition coefficient (Wildman–Crippen LogP) is 0.782. The van der Waals surface area contributed by atoms with E-state index < -0.39 is 11.5 Å². The topological polar surface area (TPSA) is 75.8 Å². The fraction of sp³-hybridized carbons (Fsp3) is 0.462. The summed E-state index contributed by atoms with van der Waals surface area (Å²) in [5, 5.41) is 9.06. The standard InChI is InChI=1S/C13H18N2O3/c1-13(14,12(16)17)10-2-4-11(5-3-10)15-6-8-18-9-7-15/h2-5H,6-9,14H2,1H3,(H,16,17)/t13-/m0/s1.